The van der Waals surface area contributed by atoms with Crippen molar-refractivity contribution in [3.63, 3.8) is 0 Å². The van der Waals surface area contributed by atoms with Gasteiger partial charge in [0.2, 0.25) is 0 Å². The lowest BCUT2D eigenvalue weighted by atomic mass is 10.1. The average molecular weight is 338 g/mol. The molecule has 0 fully saturated rings. The molecule has 0 aliphatic carbocycles. The largest absolute Gasteiger partial charge is 0.428 e. The van der Waals surface area contributed by atoms with E-state index in [0.29, 0.717) is 0 Å². The molecule has 2 nitrogen and oxygen atoms in total. The molecule has 112 valence electrons. The molecule has 5 heteroatoms. The molecule has 0 heterocycles. The maximum Gasteiger partial charge on any atom is 0.345 e. The van der Waals surface area contributed by atoms with Crippen LogP contribution >= 0.6 is 17.9 Å². The van der Waals surface area contributed by atoms with E-state index in [1.54, 1.807) is 0 Å². The van der Waals surface area contributed by atoms with Gasteiger partial charge in [-0.05, 0) is 62.8 Å². The van der Waals surface area contributed by atoms with Crippen molar-refractivity contribution >= 4 is 29.7 Å². The average Bonchev–Trinajstić information content (AvgIpc) is 2.36. The monoisotopic (exact) mass is 338 g/mol. The lowest BCUT2D eigenvalue weighted by Crippen LogP contribution is -1.98. The Labute approximate surface area is 136 Å². The van der Waals surface area contributed by atoms with Gasteiger partial charge in [-0.2, -0.15) is 0 Å². The Morgan fingerprint density at radius 1 is 0.810 bits per heavy atom. The molecule has 0 saturated carbocycles. The van der Waals surface area contributed by atoms with Crippen molar-refractivity contribution < 1.29 is 9.05 Å². The smallest absolute Gasteiger partial charge is 0.345 e. The fourth-order valence-corrected chi connectivity index (χ4v) is 4.02. The molecular weight excluding hydrogens is 319 g/mol. The van der Waals surface area contributed by atoms with E-state index in [1.807, 2.05) is 52.0 Å². The molecule has 0 radical (unpaired) electrons. The predicted octanol–water partition coefficient (Wildman–Crippen LogP) is 5.53. The van der Waals surface area contributed by atoms with Crippen molar-refractivity contribution in [2.75, 3.05) is 0 Å². The van der Waals surface area contributed by atoms with Crippen molar-refractivity contribution in [1.82, 2.24) is 0 Å². The molecule has 21 heavy (non-hydrogen) atoms. The Kier molecular flexibility index (Phi) is 5.03. The lowest BCUT2D eigenvalue weighted by molar-refractivity contribution is 0.502. The molecule has 0 N–H and O–H groups in total. The normalized spacial score (nSPS) is 11.3. The zero-order valence-electron chi connectivity index (χ0n) is 12.6. The predicted molar refractivity (Wildman–Crippen MR) is 96.4 cm³/mol. The quantitative estimate of drug-likeness (QED) is 0.584. The highest BCUT2D eigenvalue weighted by Crippen LogP contribution is 2.54. The van der Waals surface area contributed by atoms with Crippen molar-refractivity contribution in [2.24, 2.45) is 0 Å². The Morgan fingerprint density at radius 3 is 1.52 bits per heavy atom. The van der Waals surface area contributed by atoms with Gasteiger partial charge in [0, 0.05) is 0 Å². The van der Waals surface area contributed by atoms with Crippen LogP contribution in [0.4, 0.5) is 0 Å². The minimum atomic E-state index is -2.69. The van der Waals surface area contributed by atoms with Crippen LogP contribution in [0.3, 0.4) is 0 Å². The van der Waals surface area contributed by atoms with Crippen LogP contribution in [0.15, 0.2) is 36.4 Å². The first-order valence-electron chi connectivity index (χ1n) is 6.63. The first kappa shape index (κ1) is 16.4. The van der Waals surface area contributed by atoms with Gasteiger partial charge < -0.3 is 9.05 Å². The summed E-state index contributed by atoms with van der Waals surface area (Å²) in [5, 5.41) is 0. The van der Waals surface area contributed by atoms with E-state index in [-0.39, 0.29) is 0 Å². The highest BCUT2D eigenvalue weighted by atomic mass is 32.9. The second-order valence-electron chi connectivity index (χ2n) is 5.19. The Balaban J connectivity index is 2.20. The van der Waals surface area contributed by atoms with Crippen LogP contribution in [0.5, 0.6) is 11.5 Å². The van der Waals surface area contributed by atoms with E-state index >= 15 is 0 Å². The molecule has 0 amide bonds. The maximum atomic E-state index is 5.84. The fourth-order valence-electron chi connectivity index (χ4n) is 2.07. The molecule has 0 aromatic heterocycles. The third-order valence-electron chi connectivity index (χ3n) is 3.09. The molecule has 0 bridgehead atoms. The third kappa shape index (κ3) is 4.50. The summed E-state index contributed by atoms with van der Waals surface area (Å²) >= 11 is 9.86. The first-order chi connectivity index (χ1) is 9.77. The van der Waals surface area contributed by atoms with E-state index in [0.717, 1.165) is 22.6 Å². The van der Waals surface area contributed by atoms with Crippen LogP contribution < -0.4 is 9.05 Å². The molecule has 0 spiro atoms. The molecule has 2 aromatic rings. The zero-order valence-corrected chi connectivity index (χ0v) is 15.2. The summed E-state index contributed by atoms with van der Waals surface area (Å²) < 4.78 is 11.7. The van der Waals surface area contributed by atoms with Gasteiger partial charge >= 0.3 is 5.69 Å². The van der Waals surface area contributed by atoms with E-state index in [1.165, 1.54) is 11.1 Å². The maximum absolute atomic E-state index is 5.84. The van der Waals surface area contributed by atoms with Gasteiger partial charge in [0.1, 0.15) is 11.5 Å². The Hall–Kier alpha value is -0.960. The molecule has 0 unspecified atom stereocenters. The van der Waals surface area contributed by atoms with Crippen LogP contribution in [-0.2, 0) is 11.8 Å². The molecule has 2 rings (SSSR count). The van der Waals surface area contributed by atoms with Crippen LogP contribution in [0.25, 0.3) is 0 Å². The number of hydrogen-bond donors (Lipinski definition) is 1. The van der Waals surface area contributed by atoms with Crippen LogP contribution in [0.2, 0.25) is 0 Å². The number of benzene rings is 2. The highest BCUT2D eigenvalue weighted by Gasteiger charge is 2.19. The summed E-state index contributed by atoms with van der Waals surface area (Å²) in [7, 11) is 0. The van der Waals surface area contributed by atoms with Crippen LogP contribution in [0.1, 0.15) is 22.3 Å². The number of hydrogen-bond acceptors (Lipinski definition) is 3. The van der Waals surface area contributed by atoms with Gasteiger partial charge in [0.05, 0.1) is 0 Å². The second-order valence-corrected chi connectivity index (χ2v) is 10.3. The van der Waals surface area contributed by atoms with Crippen molar-refractivity contribution in [3.05, 3.63) is 58.7 Å². The standard InChI is InChI=1S/C16H19O2PS2/c1-11-5-7-15(13(3)9-11)17-19(20,21)18-16-8-6-12(2)10-14(16)4/h5-10H,1-4H3,(H,20,21). The summed E-state index contributed by atoms with van der Waals surface area (Å²) in [6.45, 7) is 8.06. The van der Waals surface area contributed by atoms with Gasteiger partial charge in [0.15, 0.2) is 0 Å². The minimum Gasteiger partial charge on any atom is -0.428 e. The number of rotatable bonds is 4. The highest BCUT2D eigenvalue weighted by molar-refractivity contribution is 8.60. The molecule has 0 aliphatic heterocycles. The van der Waals surface area contributed by atoms with Gasteiger partial charge in [-0.15, -0.1) is 0 Å². The summed E-state index contributed by atoms with van der Waals surface area (Å²) in [4.78, 5) is 0. The topological polar surface area (TPSA) is 18.5 Å². The zero-order chi connectivity index (χ0) is 15.6. The van der Waals surface area contributed by atoms with Crippen molar-refractivity contribution in [2.45, 2.75) is 27.7 Å². The van der Waals surface area contributed by atoms with Crippen LogP contribution in [0, 0.1) is 27.7 Å². The summed E-state index contributed by atoms with van der Waals surface area (Å²) in [5.74, 6) is 1.45. The van der Waals surface area contributed by atoms with E-state index in [4.69, 9.17) is 20.9 Å². The molecule has 0 aliphatic rings. The molecule has 0 saturated heterocycles. The molecule has 0 atom stereocenters. The fraction of sp³-hybridized carbons (Fsp3) is 0.250. The van der Waals surface area contributed by atoms with Crippen LogP contribution in [-0.4, -0.2) is 0 Å². The summed E-state index contributed by atoms with van der Waals surface area (Å²) in [5.41, 5.74) is 1.73. The number of aryl methyl sites for hydroxylation is 4. The number of thiol groups is 1. The van der Waals surface area contributed by atoms with Gasteiger partial charge in [-0.1, -0.05) is 47.6 Å². The SMILES string of the molecule is Cc1ccc(OP(=S)(S)Oc2ccc(C)cc2C)c(C)c1. The Bertz CT molecular complexity index is 656. The summed E-state index contributed by atoms with van der Waals surface area (Å²) in [6.07, 6.45) is 0. The van der Waals surface area contributed by atoms with E-state index in [9.17, 15) is 0 Å². The van der Waals surface area contributed by atoms with Crippen molar-refractivity contribution in [1.29, 1.82) is 0 Å². The van der Waals surface area contributed by atoms with Gasteiger partial charge in [-0.3, -0.25) is 0 Å². The molecule has 2 aromatic carbocycles. The lowest BCUT2D eigenvalue weighted by Gasteiger charge is -2.21. The minimum absolute atomic E-state index is 0.726. The van der Waals surface area contributed by atoms with E-state index < -0.39 is 5.69 Å². The van der Waals surface area contributed by atoms with Gasteiger partial charge in [0.25, 0.3) is 0 Å². The Morgan fingerprint density at radius 2 is 1.19 bits per heavy atom. The second kappa shape index (κ2) is 6.43. The first-order valence-corrected chi connectivity index (χ1v) is 10.4. The van der Waals surface area contributed by atoms with Gasteiger partial charge in [-0.25, -0.2) is 0 Å². The van der Waals surface area contributed by atoms with E-state index in [2.05, 4.69) is 24.4 Å². The van der Waals surface area contributed by atoms with Crippen molar-refractivity contribution in [3.8, 4) is 11.5 Å². The third-order valence-corrected chi connectivity index (χ3v) is 4.88. The molecular formula is C16H19O2PS2. The summed E-state index contributed by atoms with van der Waals surface area (Å²) in [6, 6.07) is 11.9.